The molecule has 36 heavy (non-hydrogen) atoms. The molecule has 2 heterocycles. The molecule has 0 bridgehead atoms. The number of carbonyl (C=O) groups is 1. The average molecular weight is 482 g/mol. The van der Waals surface area contributed by atoms with Crippen molar-refractivity contribution in [2.24, 2.45) is 0 Å². The topological polar surface area (TPSA) is 75.5 Å². The van der Waals surface area contributed by atoms with Gasteiger partial charge < -0.3 is 19.2 Å². The van der Waals surface area contributed by atoms with Gasteiger partial charge in [-0.25, -0.2) is 0 Å². The molecule has 5 aromatic rings. The van der Waals surface area contributed by atoms with Crippen molar-refractivity contribution in [2.75, 3.05) is 0 Å². The van der Waals surface area contributed by atoms with Gasteiger partial charge >= 0.3 is 5.97 Å². The van der Waals surface area contributed by atoms with Gasteiger partial charge in [0.15, 0.2) is 0 Å². The maximum absolute atomic E-state index is 11.1. The van der Waals surface area contributed by atoms with Crippen LogP contribution in [0.4, 0.5) is 0 Å². The summed E-state index contributed by atoms with van der Waals surface area (Å²) in [6.07, 6.45) is 5.46. The van der Waals surface area contributed by atoms with Gasteiger partial charge in [0.2, 0.25) is 0 Å². The number of hydrogen-bond donors (Lipinski definition) is 2. The number of furan rings is 1. The predicted molar refractivity (Wildman–Crippen MR) is 143 cm³/mol. The molecule has 0 radical (unpaired) electrons. The number of aromatic nitrogens is 1. The summed E-state index contributed by atoms with van der Waals surface area (Å²) >= 11 is 0. The van der Waals surface area contributed by atoms with E-state index in [0.29, 0.717) is 0 Å². The van der Waals surface area contributed by atoms with Crippen LogP contribution in [0.1, 0.15) is 54.3 Å². The lowest BCUT2D eigenvalue weighted by Gasteiger charge is -2.17. The number of fused-ring (bicyclic) bond motifs is 2. The Morgan fingerprint density at radius 1 is 1.00 bits per heavy atom. The maximum Gasteiger partial charge on any atom is 0.307 e. The lowest BCUT2D eigenvalue weighted by molar-refractivity contribution is -0.136. The van der Waals surface area contributed by atoms with E-state index >= 15 is 0 Å². The standard InChI is InChI=1S/C31H31NO4/c1-3-7-26-29(15-13-25-23(19-35-31(25)26)12-10-21-8-5-4-6-9-21)36-20(2)28-18-24-16-22(17-30(33)34)11-14-27(24)32-28/h4-6,8-9,11,13-16,18-20,32H,3,7,10,12,17H2,1-2H3,(H,33,34). The van der Waals surface area contributed by atoms with Gasteiger partial charge in [-0.05, 0) is 73.2 Å². The first-order chi connectivity index (χ1) is 17.5. The molecule has 0 aliphatic rings. The zero-order valence-electron chi connectivity index (χ0n) is 20.7. The third-order valence-electron chi connectivity index (χ3n) is 6.71. The number of ether oxygens (including phenoxy) is 1. The third kappa shape index (κ3) is 5.01. The van der Waals surface area contributed by atoms with Gasteiger partial charge in [0, 0.05) is 21.9 Å². The third-order valence-corrected chi connectivity index (χ3v) is 6.71. The van der Waals surface area contributed by atoms with Crippen LogP contribution in [0.3, 0.4) is 0 Å². The van der Waals surface area contributed by atoms with Crippen molar-refractivity contribution in [2.45, 2.75) is 52.1 Å². The second-order valence-corrected chi connectivity index (χ2v) is 9.39. The molecule has 0 aliphatic heterocycles. The summed E-state index contributed by atoms with van der Waals surface area (Å²) in [5.41, 5.74) is 7.26. The van der Waals surface area contributed by atoms with E-state index in [0.717, 1.165) is 70.1 Å². The van der Waals surface area contributed by atoms with E-state index in [1.165, 1.54) is 11.1 Å². The molecule has 0 saturated carbocycles. The van der Waals surface area contributed by atoms with Crippen LogP contribution in [0.2, 0.25) is 0 Å². The SMILES string of the molecule is CCCc1c(OC(C)c2cc3cc(CC(=O)O)ccc3[nH]2)ccc2c(CCc3ccccc3)coc12. The Morgan fingerprint density at radius 3 is 2.61 bits per heavy atom. The minimum absolute atomic E-state index is 0.0133. The van der Waals surface area contributed by atoms with E-state index in [1.54, 1.807) is 0 Å². The van der Waals surface area contributed by atoms with Crippen LogP contribution < -0.4 is 4.74 Å². The summed E-state index contributed by atoms with van der Waals surface area (Å²) in [6, 6.07) is 22.4. The van der Waals surface area contributed by atoms with Crippen molar-refractivity contribution in [3.05, 3.63) is 101 Å². The van der Waals surface area contributed by atoms with E-state index < -0.39 is 5.97 Å². The van der Waals surface area contributed by atoms with Gasteiger partial charge in [-0.3, -0.25) is 4.79 Å². The van der Waals surface area contributed by atoms with Gasteiger partial charge in [0.1, 0.15) is 17.4 Å². The monoisotopic (exact) mass is 481 g/mol. The Hall–Kier alpha value is -3.99. The van der Waals surface area contributed by atoms with Crippen LogP contribution >= 0.6 is 0 Å². The van der Waals surface area contributed by atoms with Crippen LogP contribution in [-0.4, -0.2) is 16.1 Å². The van der Waals surface area contributed by atoms with Gasteiger partial charge in [0.05, 0.1) is 18.4 Å². The number of aliphatic carboxylic acids is 1. The van der Waals surface area contributed by atoms with Crippen molar-refractivity contribution in [1.29, 1.82) is 0 Å². The summed E-state index contributed by atoms with van der Waals surface area (Å²) in [5.74, 6) is 0.00726. The van der Waals surface area contributed by atoms with Crippen LogP contribution in [0, 0.1) is 0 Å². The summed E-state index contributed by atoms with van der Waals surface area (Å²) in [4.78, 5) is 14.5. The first-order valence-corrected chi connectivity index (χ1v) is 12.6. The van der Waals surface area contributed by atoms with Crippen molar-refractivity contribution in [1.82, 2.24) is 4.98 Å². The van der Waals surface area contributed by atoms with Crippen molar-refractivity contribution in [3.8, 4) is 5.75 Å². The van der Waals surface area contributed by atoms with E-state index in [-0.39, 0.29) is 12.5 Å². The Morgan fingerprint density at radius 2 is 1.83 bits per heavy atom. The number of aromatic amines is 1. The molecule has 3 aromatic carbocycles. The molecule has 5 rings (SSSR count). The number of nitrogens with one attached hydrogen (secondary N) is 1. The van der Waals surface area contributed by atoms with Crippen LogP contribution in [0.5, 0.6) is 5.75 Å². The summed E-state index contributed by atoms with van der Waals surface area (Å²) in [5, 5.41) is 11.2. The smallest absolute Gasteiger partial charge is 0.307 e. The first kappa shape index (κ1) is 23.7. The predicted octanol–water partition coefficient (Wildman–Crippen LogP) is 7.42. The fourth-order valence-corrected chi connectivity index (χ4v) is 4.87. The lowest BCUT2D eigenvalue weighted by Crippen LogP contribution is -2.05. The van der Waals surface area contributed by atoms with Crippen molar-refractivity contribution in [3.63, 3.8) is 0 Å². The Balaban J connectivity index is 1.39. The summed E-state index contributed by atoms with van der Waals surface area (Å²) in [6.45, 7) is 4.19. The number of aryl methyl sites for hydroxylation is 3. The number of H-pyrrole nitrogens is 1. The Labute approximate surface area is 210 Å². The lowest BCUT2D eigenvalue weighted by atomic mass is 10.0. The minimum Gasteiger partial charge on any atom is -0.484 e. The molecular formula is C31H31NO4. The second kappa shape index (κ2) is 10.3. The molecule has 5 nitrogen and oxygen atoms in total. The van der Waals surface area contributed by atoms with Crippen LogP contribution in [-0.2, 0) is 30.5 Å². The van der Waals surface area contributed by atoms with Gasteiger partial charge in [-0.1, -0.05) is 49.7 Å². The molecule has 1 unspecified atom stereocenters. The highest BCUT2D eigenvalue weighted by molar-refractivity contribution is 5.86. The molecule has 0 amide bonds. The fourth-order valence-electron chi connectivity index (χ4n) is 4.87. The highest BCUT2D eigenvalue weighted by Gasteiger charge is 2.18. The number of carboxylic acids is 1. The van der Waals surface area contributed by atoms with Crippen LogP contribution in [0.15, 0.2) is 77.4 Å². The average Bonchev–Trinajstić information content (AvgIpc) is 3.48. The zero-order chi connectivity index (χ0) is 25.1. The molecule has 2 aromatic heterocycles. The van der Waals surface area contributed by atoms with Gasteiger partial charge in [0.25, 0.3) is 0 Å². The van der Waals surface area contributed by atoms with E-state index in [4.69, 9.17) is 14.3 Å². The Kier molecular flexibility index (Phi) is 6.81. The second-order valence-electron chi connectivity index (χ2n) is 9.39. The molecular weight excluding hydrogens is 450 g/mol. The molecule has 0 fully saturated rings. The number of benzene rings is 3. The molecule has 0 saturated heterocycles. The van der Waals surface area contributed by atoms with Crippen LogP contribution in [0.25, 0.3) is 21.9 Å². The normalized spacial score (nSPS) is 12.3. The zero-order valence-corrected chi connectivity index (χ0v) is 20.7. The van der Waals surface area contributed by atoms with Crippen molar-refractivity contribution < 1.29 is 19.1 Å². The largest absolute Gasteiger partial charge is 0.484 e. The Bertz CT molecular complexity index is 1500. The highest BCUT2D eigenvalue weighted by atomic mass is 16.5. The number of rotatable bonds is 10. The number of hydrogen-bond acceptors (Lipinski definition) is 3. The molecule has 184 valence electrons. The molecule has 2 N–H and O–H groups in total. The van der Waals surface area contributed by atoms with E-state index in [1.807, 2.05) is 43.5 Å². The van der Waals surface area contributed by atoms with Gasteiger partial charge in [-0.15, -0.1) is 0 Å². The maximum atomic E-state index is 11.1. The highest BCUT2D eigenvalue weighted by Crippen LogP contribution is 2.35. The minimum atomic E-state index is -0.832. The van der Waals surface area contributed by atoms with Gasteiger partial charge in [-0.2, -0.15) is 0 Å². The number of carboxylic acid groups (broad SMARTS) is 1. The first-order valence-electron chi connectivity index (χ1n) is 12.6. The summed E-state index contributed by atoms with van der Waals surface area (Å²) < 4.78 is 12.6. The summed E-state index contributed by atoms with van der Waals surface area (Å²) in [7, 11) is 0. The fraction of sp³-hybridized carbons (Fsp3) is 0.258. The van der Waals surface area contributed by atoms with Crippen molar-refractivity contribution >= 4 is 27.8 Å². The molecule has 0 spiro atoms. The quantitative estimate of drug-likeness (QED) is 0.218. The van der Waals surface area contributed by atoms with E-state index in [9.17, 15) is 4.79 Å². The molecule has 0 aliphatic carbocycles. The molecule has 5 heteroatoms. The van der Waals surface area contributed by atoms with E-state index in [2.05, 4.69) is 48.3 Å². The molecule has 1 atom stereocenters.